The lowest BCUT2D eigenvalue weighted by atomic mass is 10.0. The fraction of sp³-hybridized carbons (Fsp3) is 1.00. The van der Waals surface area contributed by atoms with Gasteiger partial charge in [-0.1, -0.05) is 0 Å². The third-order valence-electron chi connectivity index (χ3n) is 2.98. The number of ether oxygens (including phenoxy) is 2. The summed E-state index contributed by atoms with van der Waals surface area (Å²) in [5.41, 5.74) is 0. The maximum Gasteiger partial charge on any atom is 0.0855 e. The molecule has 0 aliphatic carbocycles. The number of hydrogen-bond acceptors (Lipinski definition) is 4. The van der Waals surface area contributed by atoms with Crippen LogP contribution < -0.4 is 5.32 Å². The first-order valence-corrected chi connectivity index (χ1v) is 5.74. The molecule has 1 fully saturated rings. The zero-order chi connectivity index (χ0) is 11.1. The van der Waals surface area contributed by atoms with Crippen molar-refractivity contribution in [3.8, 4) is 0 Å². The first-order chi connectivity index (χ1) is 7.27. The standard InChI is InChI=1S/C11H24N2O2/c1-12-10(5-4-7-14-3)11-9-13(2)6-8-15-11/h10-12H,4-9H2,1-3H3. The van der Waals surface area contributed by atoms with E-state index in [1.54, 1.807) is 7.11 Å². The highest BCUT2D eigenvalue weighted by Crippen LogP contribution is 2.11. The number of hydrogen-bond donors (Lipinski definition) is 1. The molecule has 0 saturated carbocycles. The van der Waals surface area contributed by atoms with Crippen molar-refractivity contribution in [1.29, 1.82) is 0 Å². The molecule has 1 saturated heterocycles. The molecule has 1 N–H and O–H groups in total. The van der Waals surface area contributed by atoms with Crippen molar-refractivity contribution in [2.45, 2.75) is 25.0 Å². The van der Waals surface area contributed by atoms with E-state index in [9.17, 15) is 0 Å². The molecule has 2 atom stereocenters. The first-order valence-electron chi connectivity index (χ1n) is 5.74. The Morgan fingerprint density at radius 3 is 3.00 bits per heavy atom. The molecule has 15 heavy (non-hydrogen) atoms. The summed E-state index contributed by atoms with van der Waals surface area (Å²) in [6.45, 7) is 3.76. The maximum absolute atomic E-state index is 5.79. The third kappa shape index (κ3) is 4.47. The molecule has 0 aromatic heterocycles. The van der Waals surface area contributed by atoms with E-state index < -0.39 is 0 Å². The third-order valence-corrected chi connectivity index (χ3v) is 2.98. The van der Waals surface area contributed by atoms with Gasteiger partial charge in [0.05, 0.1) is 12.7 Å². The first kappa shape index (κ1) is 12.9. The lowest BCUT2D eigenvalue weighted by Gasteiger charge is -2.35. The topological polar surface area (TPSA) is 33.7 Å². The van der Waals surface area contributed by atoms with Crippen LogP contribution in [0.3, 0.4) is 0 Å². The number of nitrogens with zero attached hydrogens (tertiary/aromatic N) is 1. The van der Waals surface area contributed by atoms with Crippen molar-refractivity contribution in [3.63, 3.8) is 0 Å². The minimum absolute atomic E-state index is 0.325. The molecule has 1 heterocycles. The van der Waals surface area contributed by atoms with Crippen LogP contribution in [-0.4, -0.2) is 64.6 Å². The maximum atomic E-state index is 5.79. The molecule has 0 bridgehead atoms. The van der Waals surface area contributed by atoms with Crippen LogP contribution in [0, 0.1) is 0 Å². The molecular formula is C11H24N2O2. The quantitative estimate of drug-likeness (QED) is 0.649. The molecule has 4 heteroatoms. The van der Waals surface area contributed by atoms with E-state index in [0.29, 0.717) is 12.1 Å². The van der Waals surface area contributed by atoms with Gasteiger partial charge in [-0.05, 0) is 26.9 Å². The van der Waals surface area contributed by atoms with Crippen LogP contribution in [0.15, 0.2) is 0 Å². The Morgan fingerprint density at radius 1 is 1.60 bits per heavy atom. The van der Waals surface area contributed by atoms with Crippen molar-refractivity contribution in [3.05, 3.63) is 0 Å². The van der Waals surface area contributed by atoms with Crippen molar-refractivity contribution in [2.75, 3.05) is 47.5 Å². The lowest BCUT2D eigenvalue weighted by molar-refractivity contribution is -0.0396. The predicted molar refractivity (Wildman–Crippen MR) is 61.2 cm³/mol. The summed E-state index contributed by atoms with van der Waals surface area (Å²) in [5, 5.41) is 3.34. The van der Waals surface area contributed by atoms with Gasteiger partial charge in [-0.3, -0.25) is 0 Å². The van der Waals surface area contributed by atoms with Gasteiger partial charge in [-0.25, -0.2) is 0 Å². The number of morpholine rings is 1. The number of rotatable bonds is 6. The van der Waals surface area contributed by atoms with E-state index in [1.165, 1.54) is 0 Å². The Hall–Kier alpha value is -0.160. The van der Waals surface area contributed by atoms with E-state index in [-0.39, 0.29) is 0 Å². The largest absolute Gasteiger partial charge is 0.385 e. The van der Waals surface area contributed by atoms with Crippen LogP contribution in [0.5, 0.6) is 0 Å². The van der Waals surface area contributed by atoms with Gasteiger partial charge < -0.3 is 19.7 Å². The van der Waals surface area contributed by atoms with Crippen molar-refractivity contribution in [1.82, 2.24) is 10.2 Å². The van der Waals surface area contributed by atoms with Crippen LogP contribution in [0.2, 0.25) is 0 Å². The van der Waals surface area contributed by atoms with Crippen LogP contribution in [0.1, 0.15) is 12.8 Å². The molecule has 0 amide bonds. The number of likely N-dealkylation sites (N-methyl/N-ethyl adjacent to an activating group) is 2. The van der Waals surface area contributed by atoms with E-state index in [2.05, 4.69) is 17.3 Å². The number of nitrogens with one attached hydrogen (secondary N) is 1. The van der Waals surface area contributed by atoms with Gasteiger partial charge in [0, 0.05) is 32.8 Å². The van der Waals surface area contributed by atoms with E-state index in [1.807, 2.05) is 7.05 Å². The zero-order valence-corrected chi connectivity index (χ0v) is 10.2. The second kappa shape index (κ2) is 7.17. The highest BCUT2D eigenvalue weighted by molar-refractivity contribution is 4.81. The molecule has 90 valence electrons. The van der Waals surface area contributed by atoms with Crippen LogP contribution >= 0.6 is 0 Å². The molecule has 1 aliphatic heterocycles. The molecule has 1 rings (SSSR count). The second-order valence-electron chi connectivity index (χ2n) is 4.20. The molecular weight excluding hydrogens is 192 g/mol. The van der Waals surface area contributed by atoms with Crippen LogP contribution in [0.4, 0.5) is 0 Å². The highest BCUT2D eigenvalue weighted by atomic mass is 16.5. The molecule has 1 aliphatic rings. The van der Waals surface area contributed by atoms with E-state index >= 15 is 0 Å². The molecule has 4 nitrogen and oxygen atoms in total. The fourth-order valence-corrected chi connectivity index (χ4v) is 2.02. The highest BCUT2D eigenvalue weighted by Gasteiger charge is 2.25. The molecule has 0 spiro atoms. The molecule has 0 aromatic carbocycles. The summed E-state index contributed by atoms with van der Waals surface area (Å²) < 4.78 is 10.9. The monoisotopic (exact) mass is 216 g/mol. The molecule has 0 aromatic rings. The van der Waals surface area contributed by atoms with Gasteiger partial charge in [0.15, 0.2) is 0 Å². The van der Waals surface area contributed by atoms with Crippen molar-refractivity contribution >= 4 is 0 Å². The minimum Gasteiger partial charge on any atom is -0.385 e. The van der Waals surface area contributed by atoms with Gasteiger partial charge in [0.25, 0.3) is 0 Å². The average molecular weight is 216 g/mol. The van der Waals surface area contributed by atoms with Crippen LogP contribution in [-0.2, 0) is 9.47 Å². The zero-order valence-electron chi connectivity index (χ0n) is 10.2. The summed E-state index contributed by atoms with van der Waals surface area (Å²) in [6.07, 6.45) is 2.53. The summed E-state index contributed by atoms with van der Waals surface area (Å²) in [7, 11) is 5.91. The smallest absolute Gasteiger partial charge is 0.0855 e. The van der Waals surface area contributed by atoms with E-state index in [4.69, 9.17) is 9.47 Å². The second-order valence-corrected chi connectivity index (χ2v) is 4.20. The van der Waals surface area contributed by atoms with E-state index in [0.717, 1.165) is 39.1 Å². The van der Waals surface area contributed by atoms with Gasteiger partial charge >= 0.3 is 0 Å². The van der Waals surface area contributed by atoms with Gasteiger partial charge in [-0.2, -0.15) is 0 Å². The Kier molecular flexibility index (Phi) is 6.17. The predicted octanol–water partition coefficient (Wildman–Crippen LogP) is 0.332. The summed E-state index contributed by atoms with van der Waals surface area (Å²) in [5.74, 6) is 0. The van der Waals surface area contributed by atoms with Gasteiger partial charge in [0.1, 0.15) is 0 Å². The lowest BCUT2D eigenvalue weighted by Crippen LogP contribution is -2.50. The summed E-state index contributed by atoms with van der Waals surface area (Å²) in [4.78, 5) is 2.33. The number of methoxy groups -OCH3 is 1. The minimum atomic E-state index is 0.325. The normalized spacial score (nSPS) is 25.4. The average Bonchev–Trinajstić information content (AvgIpc) is 2.24. The Labute approximate surface area is 92.9 Å². The summed E-state index contributed by atoms with van der Waals surface area (Å²) >= 11 is 0. The Balaban J connectivity index is 2.29. The SMILES string of the molecule is CNC(CCCOC)C1CN(C)CCO1. The van der Waals surface area contributed by atoms with Gasteiger partial charge in [-0.15, -0.1) is 0 Å². The van der Waals surface area contributed by atoms with Crippen molar-refractivity contribution in [2.24, 2.45) is 0 Å². The Bertz CT molecular complexity index is 167. The molecule has 2 unspecified atom stereocenters. The van der Waals surface area contributed by atoms with Crippen LogP contribution in [0.25, 0.3) is 0 Å². The Morgan fingerprint density at radius 2 is 2.40 bits per heavy atom. The molecule has 0 radical (unpaired) electrons. The van der Waals surface area contributed by atoms with Gasteiger partial charge in [0.2, 0.25) is 0 Å². The van der Waals surface area contributed by atoms with Crippen molar-refractivity contribution < 1.29 is 9.47 Å². The fourth-order valence-electron chi connectivity index (χ4n) is 2.02. The summed E-state index contributed by atoms with van der Waals surface area (Å²) in [6, 6.07) is 0.447.